The van der Waals surface area contributed by atoms with Crippen molar-refractivity contribution in [2.75, 3.05) is 0 Å². The van der Waals surface area contributed by atoms with Gasteiger partial charge in [-0.2, -0.15) is 0 Å². The average molecular weight is 308 g/mol. The van der Waals surface area contributed by atoms with Crippen LogP contribution in [0.1, 0.15) is 11.1 Å². The highest BCUT2D eigenvalue weighted by atomic mass is 16.5. The van der Waals surface area contributed by atoms with E-state index in [9.17, 15) is 0 Å². The van der Waals surface area contributed by atoms with E-state index in [1.807, 2.05) is 42.5 Å². The third-order valence-corrected chi connectivity index (χ3v) is 3.17. The third-order valence-electron chi connectivity index (χ3n) is 3.17. The van der Waals surface area contributed by atoms with Gasteiger partial charge in [-0.25, -0.2) is 9.97 Å². The minimum atomic E-state index is 0.0437. The first-order valence-electron chi connectivity index (χ1n) is 7.20. The van der Waals surface area contributed by atoms with E-state index < -0.39 is 0 Å². The number of benzene rings is 2. The molecule has 1 heterocycles. The van der Waals surface area contributed by atoms with Crippen LogP contribution in [-0.2, 0) is 13.2 Å². The average Bonchev–Trinajstić information content (AvgIpc) is 2.62. The summed E-state index contributed by atoms with van der Waals surface area (Å²) in [6, 6.07) is 17.0. The van der Waals surface area contributed by atoms with E-state index >= 15 is 0 Å². The van der Waals surface area contributed by atoms with Gasteiger partial charge in [-0.3, -0.25) is 0 Å². The molecule has 0 saturated carbocycles. The van der Waals surface area contributed by atoms with Gasteiger partial charge in [0.25, 0.3) is 0 Å². The molecule has 23 heavy (non-hydrogen) atoms. The van der Waals surface area contributed by atoms with Gasteiger partial charge < -0.3 is 14.6 Å². The molecule has 0 fully saturated rings. The van der Waals surface area contributed by atoms with Crippen molar-refractivity contribution in [2.24, 2.45) is 0 Å². The smallest absolute Gasteiger partial charge is 0.321 e. The molecular weight excluding hydrogens is 292 g/mol. The third kappa shape index (κ3) is 4.28. The quantitative estimate of drug-likeness (QED) is 0.756. The zero-order valence-corrected chi connectivity index (χ0v) is 12.4. The second-order valence-electron chi connectivity index (χ2n) is 4.87. The molecule has 0 bridgehead atoms. The van der Waals surface area contributed by atoms with Crippen molar-refractivity contribution in [2.45, 2.75) is 13.2 Å². The Labute approximate surface area is 134 Å². The molecule has 0 radical (unpaired) electrons. The fourth-order valence-corrected chi connectivity index (χ4v) is 1.98. The van der Waals surface area contributed by atoms with E-state index in [1.54, 1.807) is 24.5 Å². The monoisotopic (exact) mass is 308 g/mol. The molecule has 3 aromatic rings. The van der Waals surface area contributed by atoms with Gasteiger partial charge in [0, 0.05) is 18.5 Å². The van der Waals surface area contributed by atoms with Gasteiger partial charge in [0.05, 0.1) is 6.61 Å². The van der Waals surface area contributed by atoms with Crippen molar-refractivity contribution in [1.82, 2.24) is 9.97 Å². The molecule has 2 aromatic carbocycles. The number of rotatable bonds is 6. The summed E-state index contributed by atoms with van der Waals surface area (Å²) in [5.74, 6) is 1.31. The first-order valence-corrected chi connectivity index (χ1v) is 7.20. The maximum absolute atomic E-state index is 9.03. The van der Waals surface area contributed by atoms with Gasteiger partial charge in [-0.15, -0.1) is 0 Å². The van der Waals surface area contributed by atoms with E-state index in [1.165, 1.54) is 0 Å². The van der Waals surface area contributed by atoms with E-state index in [0.717, 1.165) is 11.1 Å². The molecule has 1 N–H and O–H groups in total. The standard InChI is InChI=1S/C18H16N2O3/c21-12-14-5-7-15(8-6-14)13-22-16-3-1-4-17(11-16)23-18-19-9-2-10-20-18/h1-11,21H,12-13H2. The minimum absolute atomic E-state index is 0.0437. The highest BCUT2D eigenvalue weighted by Gasteiger charge is 2.02. The SMILES string of the molecule is OCc1ccc(COc2cccc(Oc3ncccn3)c2)cc1. The normalized spacial score (nSPS) is 10.3. The zero-order chi connectivity index (χ0) is 15.9. The molecule has 5 nitrogen and oxygen atoms in total. The maximum Gasteiger partial charge on any atom is 0.321 e. The Kier molecular flexibility index (Phi) is 4.81. The highest BCUT2D eigenvalue weighted by Crippen LogP contribution is 2.23. The predicted octanol–water partition coefficient (Wildman–Crippen LogP) is 3.34. The first kappa shape index (κ1) is 15.0. The van der Waals surface area contributed by atoms with Crippen LogP contribution in [0.3, 0.4) is 0 Å². The van der Waals surface area contributed by atoms with E-state index in [0.29, 0.717) is 24.1 Å². The summed E-state index contributed by atoms with van der Waals surface area (Å²) in [5.41, 5.74) is 1.91. The molecule has 0 spiro atoms. The van der Waals surface area contributed by atoms with Crippen molar-refractivity contribution in [1.29, 1.82) is 0 Å². The summed E-state index contributed by atoms with van der Waals surface area (Å²) in [4.78, 5) is 8.04. The molecule has 0 aliphatic rings. The summed E-state index contributed by atoms with van der Waals surface area (Å²) in [7, 11) is 0. The van der Waals surface area contributed by atoms with Crippen LogP contribution in [-0.4, -0.2) is 15.1 Å². The number of ether oxygens (including phenoxy) is 2. The van der Waals surface area contributed by atoms with Crippen molar-refractivity contribution in [3.8, 4) is 17.5 Å². The van der Waals surface area contributed by atoms with E-state index in [-0.39, 0.29) is 6.61 Å². The number of aliphatic hydroxyl groups is 1. The Morgan fingerprint density at radius 2 is 1.52 bits per heavy atom. The molecule has 0 unspecified atom stereocenters. The Bertz CT molecular complexity index is 746. The summed E-state index contributed by atoms with van der Waals surface area (Å²) in [6.07, 6.45) is 3.25. The number of aliphatic hydroxyl groups excluding tert-OH is 1. The van der Waals surface area contributed by atoms with E-state index in [4.69, 9.17) is 14.6 Å². The van der Waals surface area contributed by atoms with Crippen LogP contribution in [0.15, 0.2) is 67.0 Å². The van der Waals surface area contributed by atoms with Crippen LogP contribution < -0.4 is 9.47 Å². The number of hydrogen-bond acceptors (Lipinski definition) is 5. The van der Waals surface area contributed by atoms with Crippen LogP contribution in [0, 0.1) is 0 Å². The largest absolute Gasteiger partial charge is 0.489 e. The van der Waals surface area contributed by atoms with Crippen molar-refractivity contribution < 1.29 is 14.6 Å². The topological polar surface area (TPSA) is 64.5 Å². The van der Waals surface area contributed by atoms with Crippen LogP contribution in [0.25, 0.3) is 0 Å². The molecule has 1 aromatic heterocycles. The molecule has 0 saturated heterocycles. The Hall–Kier alpha value is -2.92. The highest BCUT2D eigenvalue weighted by molar-refractivity contribution is 5.34. The Balaban J connectivity index is 1.63. The molecule has 0 aliphatic carbocycles. The lowest BCUT2D eigenvalue weighted by molar-refractivity contribution is 0.281. The van der Waals surface area contributed by atoms with Crippen molar-refractivity contribution in [3.05, 3.63) is 78.1 Å². The fraction of sp³-hybridized carbons (Fsp3) is 0.111. The molecule has 0 atom stereocenters. The van der Waals surface area contributed by atoms with Gasteiger partial charge in [0.1, 0.15) is 18.1 Å². The zero-order valence-electron chi connectivity index (χ0n) is 12.4. The van der Waals surface area contributed by atoms with Gasteiger partial charge in [0.15, 0.2) is 0 Å². The number of hydrogen-bond donors (Lipinski definition) is 1. The Morgan fingerprint density at radius 3 is 2.26 bits per heavy atom. The van der Waals surface area contributed by atoms with Gasteiger partial charge in [-0.05, 0) is 29.3 Å². The second-order valence-corrected chi connectivity index (χ2v) is 4.87. The lowest BCUT2D eigenvalue weighted by Gasteiger charge is -2.09. The number of aromatic nitrogens is 2. The maximum atomic E-state index is 9.03. The van der Waals surface area contributed by atoms with Gasteiger partial charge >= 0.3 is 6.01 Å². The lowest BCUT2D eigenvalue weighted by atomic mass is 10.1. The van der Waals surface area contributed by atoms with Crippen LogP contribution >= 0.6 is 0 Å². The predicted molar refractivity (Wildman–Crippen MR) is 85.2 cm³/mol. The molecule has 116 valence electrons. The van der Waals surface area contributed by atoms with Crippen LogP contribution in [0.4, 0.5) is 0 Å². The Morgan fingerprint density at radius 1 is 0.826 bits per heavy atom. The van der Waals surface area contributed by atoms with Crippen LogP contribution in [0.5, 0.6) is 17.5 Å². The van der Waals surface area contributed by atoms with Gasteiger partial charge in [-0.1, -0.05) is 30.3 Å². The molecule has 0 aliphatic heterocycles. The minimum Gasteiger partial charge on any atom is -0.489 e. The summed E-state index contributed by atoms with van der Waals surface area (Å²) in [6.45, 7) is 0.485. The van der Waals surface area contributed by atoms with E-state index in [2.05, 4.69) is 9.97 Å². The lowest BCUT2D eigenvalue weighted by Crippen LogP contribution is -1.96. The molecule has 5 heteroatoms. The summed E-state index contributed by atoms with van der Waals surface area (Å²) < 4.78 is 11.3. The molecular formula is C18H16N2O3. The first-order chi connectivity index (χ1) is 11.3. The van der Waals surface area contributed by atoms with Crippen molar-refractivity contribution >= 4 is 0 Å². The van der Waals surface area contributed by atoms with Gasteiger partial charge in [0.2, 0.25) is 0 Å². The molecule has 0 amide bonds. The number of nitrogens with zero attached hydrogens (tertiary/aromatic N) is 2. The second kappa shape index (κ2) is 7.38. The summed E-state index contributed by atoms with van der Waals surface area (Å²) >= 11 is 0. The van der Waals surface area contributed by atoms with Crippen LogP contribution in [0.2, 0.25) is 0 Å². The fourth-order valence-electron chi connectivity index (χ4n) is 1.98. The van der Waals surface area contributed by atoms with Crippen molar-refractivity contribution in [3.63, 3.8) is 0 Å². The summed E-state index contributed by atoms with van der Waals surface area (Å²) in [5, 5.41) is 9.03. The molecule has 3 rings (SSSR count).